The predicted molar refractivity (Wildman–Crippen MR) is 101 cm³/mol. The van der Waals surface area contributed by atoms with E-state index in [2.05, 4.69) is 31.3 Å². The number of halogens is 1. The summed E-state index contributed by atoms with van der Waals surface area (Å²) >= 11 is 0. The van der Waals surface area contributed by atoms with Gasteiger partial charge in [0.1, 0.15) is 5.75 Å². The van der Waals surface area contributed by atoms with E-state index in [0.717, 1.165) is 43.6 Å². The normalized spacial score (nSPS) is 19.6. The Kier molecular flexibility index (Phi) is 9.16. The molecule has 1 saturated carbocycles. The topological polar surface area (TPSA) is 64.3 Å². The fourth-order valence-electron chi connectivity index (χ4n) is 3.06. The van der Waals surface area contributed by atoms with E-state index in [1.165, 1.54) is 18.4 Å². The molecule has 2 atom stereocenters. The van der Waals surface area contributed by atoms with Crippen LogP contribution in [0.2, 0.25) is 0 Å². The lowest BCUT2D eigenvalue weighted by Crippen LogP contribution is -2.30. The van der Waals surface area contributed by atoms with Crippen LogP contribution in [-0.4, -0.2) is 18.6 Å². The summed E-state index contributed by atoms with van der Waals surface area (Å²) in [7, 11) is 0. The first-order valence-electron chi connectivity index (χ1n) is 8.85. The summed E-state index contributed by atoms with van der Waals surface area (Å²) in [5.41, 5.74) is 8.11. The summed E-state index contributed by atoms with van der Waals surface area (Å²) in [6.07, 6.45) is 6.09. The zero-order valence-corrected chi connectivity index (χ0v) is 15.7. The molecule has 1 aliphatic carbocycles. The number of hydrogen-bond acceptors (Lipinski definition) is 3. The van der Waals surface area contributed by atoms with Gasteiger partial charge in [-0.2, -0.15) is 0 Å². The van der Waals surface area contributed by atoms with Crippen LogP contribution < -0.4 is 15.8 Å². The first-order valence-corrected chi connectivity index (χ1v) is 8.85. The van der Waals surface area contributed by atoms with Crippen molar-refractivity contribution in [1.82, 2.24) is 5.32 Å². The third-order valence-corrected chi connectivity index (χ3v) is 4.53. The fourth-order valence-corrected chi connectivity index (χ4v) is 3.06. The number of unbranched alkanes of at least 4 members (excludes halogenated alkanes) is 2. The van der Waals surface area contributed by atoms with Gasteiger partial charge in [-0.1, -0.05) is 31.9 Å². The van der Waals surface area contributed by atoms with Gasteiger partial charge in [-0.05, 0) is 44.2 Å². The maximum Gasteiger partial charge on any atom is 0.223 e. The lowest BCUT2D eigenvalue weighted by molar-refractivity contribution is -0.125. The number of carbonyl (C=O) groups is 1. The third-order valence-electron chi connectivity index (χ3n) is 4.53. The van der Waals surface area contributed by atoms with Crippen LogP contribution in [0, 0.1) is 12.8 Å². The Morgan fingerprint density at radius 1 is 1.33 bits per heavy atom. The smallest absolute Gasteiger partial charge is 0.223 e. The van der Waals surface area contributed by atoms with Crippen LogP contribution in [0.3, 0.4) is 0 Å². The molecule has 0 heterocycles. The van der Waals surface area contributed by atoms with Gasteiger partial charge in [0, 0.05) is 24.1 Å². The fraction of sp³-hybridized carbons (Fsp3) is 0.632. The van der Waals surface area contributed by atoms with Crippen molar-refractivity contribution >= 4 is 18.3 Å². The van der Waals surface area contributed by atoms with Gasteiger partial charge in [0.25, 0.3) is 0 Å². The Bertz CT molecular complexity index is 522. The van der Waals surface area contributed by atoms with Gasteiger partial charge in [-0.15, -0.1) is 12.4 Å². The molecule has 136 valence electrons. The van der Waals surface area contributed by atoms with Crippen molar-refractivity contribution in [3.63, 3.8) is 0 Å². The molecule has 4 nitrogen and oxygen atoms in total. The second-order valence-electron chi connectivity index (χ2n) is 6.65. The molecule has 0 spiro atoms. The highest BCUT2D eigenvalue weighted by Gasteiger charge is 2.27. The Morgan fingerprint density at radius 3 is 2.79 bits per heavy atom. The summed E-state index contributed by atoms with van der Waals surface area (Å²) in [6.45, 7) is 5.49. The largest absolute Gasteiger partial charge is 0.493 e. The molecule has 1 fully saturated rings. The van der Waals surface area contributed by atoms with Crippen LogP contribution in [-0.2, 0) is 11.3 Å². The Balaban J connectivity index is 0.00000288. The first kappa shape index (κ1) is 20.8. The number of hydrogen-bond donors (Lipinski definition) is 2. The SMILES string of the molecule is CCCCCOc1cc(C)ccc1CNC(=O)C1CCC(N)C1.Cl. The molecule has 0 radical (unpaired) electrons. The standard InChI is InChI=1S/C19H30N2O2.ClH/c1-3-4-5-10-23-18-11-14(2)6-7-16(18)13-21-19(22)15-8-9-17(20)12-15;/h6-7,11,15,17H,3-5,8-10,12-13,20H2,1-2H3,(H,21,22);1H. The van der Waals surface area contributed by atoms with Crippen molar-refractivity contribution in [2.45, 2.75) is 65.0 Å². The van der Waals surface area contributed by atoms with Gasteiger partial charge < -0.3 is 15.8 Å². The van der Waals surface area contributed by atoms with Crippen molar-refractivity contribution in [2.24, 2.45) is 11.7 Å². The summed E-state index contributed by atoms with van der Waals surface area (Å²) in [6, 6.07) is 6.35. The summed E-state index contributed by atoms with van der Waals surface area (Å²) in [5, 5.41) is 3.05. The second-order valence-corrected chi connectivity index (χ2v) is 6.65. The molecule has 1 aromatic rings. The van der Waals surface area contributed by atoms with E-state index in [0.29, 0.717) is 6.54 Å². The molecule has 3 N–H and O–H groups in total. The monoisotopic (exact) mass is 354 g/mol. The van der Waals surface area contributed by atoms with Gasteiger partial charge in [0.2, 0.25) is 5.91 Å². The average molecular weight is 355 g/mol. The van der Waals surface area contributed by atoms with E-state index < -0.39 is 0 Å². The van der Waals surface area contributed by atoms with Gasteiger partial charge in [-0.3, -0.25) is 4.79 Å². The summed E-state index contributed by atoms with van der Waals surface area (Å²) < 4.78 is 5.92. The zero-order valence-electron chi connectivity index (χ0n) is 14.8. The van der Waals surface area contributed by atoms with Gasteiger partial charge in [0.05, 0.1) is 6.61 Å². The zero-order chi connectivity index (χ0) is 16.7. The van der Waals surface area contributed by atoms with E-state index in [1.54, 1.807) is 0 Å². The van der Waals surface area contributed by atoms with Crippen LogP contribution in [0.5, 0.6) is 5.75 Å². The quantitative estimate of drug-likeness (QED) is 0.699. The highest BCUT2D eigenvalue weighted by Crippen LogP contribution is 2.25. The number of benzene rings is 1. The maximum absolute atomic E-state index is 12.2. The predicted octanol–water partition coefficient (Wildman–Crippen LogP) is 3.73. The lowest BCUT2D eigenvalue weighted by atomic mass is 10.1. The van der Waals surface area contributed by atoms with E-state index in [9.17, 15) is 4.79 Å². The molecule has 1 aromatic carbocycles. The molecule has 1 amide bonds. The Morgan fingerprint density at radius 2 is 2.12 bits per heavy atom. The second kappa shape index (κ2) is 10.6. The van der Waals surface area contributed by atoms with Crippen LogP contribution in [0.25, 0.3) is 0 Å². The minimum absolute atomic E-state index is 0. The van der Waals surface area contributed by atoms with E-state index in [-0.39, 0.29) is 30.3 Å². The number of amides is 1. The van der Waals surface area contributed by atoms with Crippen LogP contribution in [0.1, 0.15) is 56.6 Å². The Labute approximate surface area is 151 Å². The Hall–Kier alpha value is -1.26. The number of nitrogens with two attached hydrogens (primary N) is 1. The lowest BCUT2D eigenvalue weighted by Gasteiger charge is -2.15. The molecule has 2 rings (SSSR count). The summed E-state index contributed by atoms with van der Waals surface area (Å²) in [5.74, 6) is 1.09. The molecule has 1 aliphatic rings. The molecule has 0 aromatic heterocycles. The van der Waals surface area contributed by atoms with Gasteiger partial charge in [-0.25, -0.2) is 0 Å². The van der Waals surface area contributed by atoms with Crippen molar-refractivity contribution in [2.75, 3.05) is 6.61 Å². The van der Waals surface area contributed by atoms with Crippen LogP contribution in [0.4, 0.5) is 0 Å². The number of carbonyl (C=O) groups excluding carboxylic acids is 1. The van der Waals surface area contributed by atoms with E-state index in [1.807, 2.05) is 6.07 Å². The summed E-state index contributed by atoms with van der Waals surface area (Å²) in [4.78, 5) is 12.2. The van der Waals surface area contributed by atoms with Crippen LogP contribution >= 0.6 is 12.4 Å². The highest BCUT2D eigenvalue weighted by molar-refractivity contribution is 5.85. The minimum atomic E-state index is 0. The minimum Gasteiger partial charge on any atom is -0.493 e. The molecule has 5 heteroatoms. The van der Waals surface area contributed by atoms with E-state index >= 15 is 0 Å². The number of nitrogens with one attached hydrogen (secondary N) is 1. The number of rotatable bonds is 8. The van der Waals surface area contributed by atoms with Crippen LogP contribution in [0.15, 0.2) is 18.2 Å². The van der Waals surface area contributed by atoms with Gasteiger partial charge >= 0.3 is 0 Å². The molecule has 2 unspecified atom stereocenters. The molecule has 0 bridgehead atoms. The van der Waals surface area contributed by atoms with Crippen molar-refractivity contribution in [3.05, 3.63) is 29.3 Å². The molecule has 0 saturated heterocycles. The molecule has 0 aliphatic heterocycles. The third kappa shape index (κ3) is 6.33. The maximum atomic E-state index is 12.2. The van der Waals surface area contributed by atoms with Crippen molar-refractivity contribution in [3.8, 4) is 5.75 Å². The van der Waals surface area contributed by atoms with E-state index in [4.69, 9.17) is 10.5 Å². The molecular formula is C19H31ClN2O2. The number of aryl methyl sites for hydroxylation is 1. The molecular weight excluding hydrogens is 324 g/mol. The number of ether oxygens (including phenoxy) is 1. The first-order chi connectivity index (χ1) is 11.1. The van der Waals surface area contributed by atoms with Gasteiger partial charge in [0.15, 0.2) is 0 Å². The highest BCUT2D eigenvalue weighted by atomic mass is 35.5. The van der Waals surface area contributed by atoms with Crippen molar-refractivity contribution < 1.29 is 9.53 Å². The average Bonchev–Trinajstić information content (AvgIpc) is 2.97. The molecule has 24 heavy (non-hydrogen) atoms. The van der Waals surface area contributed by atoms with Crippen molar-refractivity contribution in [1.29, 1.82) is 0 Å².